The van der Waals surface area contributed by atoms with Gasteiger partial charge in [-0.15, -0.1) is 0 Å². The third-order valence-electron chi connectivity index (χ3n) is 6.34. The van der Waals surface area contributed by atoms with Crippen LogP contribution in [-0.4, -0.2) is 132 Å². The van der Waals surface area contributed by atoms with E-state index in [0.717, 1.165) is 25.9 Å². The number of hydrogen-bond donors (Lipinski definition) is 0. The van der Waals surface area contributed by atoms with Gasteiger partial charge in [0, 0.05) is 13.0 Å². The highest BCUT2D eigenvalue weighted by Crippen LogP contribution is 2.05. The summed E-state index contributed by atoms with van der Waals surface area (Å²) >= 11 is 0. The van der Waals surface area contributed by atoms with Crippen molar-refractivity contribution in [2.75, 3.05) is 126 Å². The minimum absolute atomic E-state index is 0.143. The molecule has 0 saturated carbocycles. The van der Waals surface area contributed by atoms with Crippen LogP contribution in [0.25, 0.3) is 0 Å². The molecule has 0 spiro atoms. The van der Waals surface area contributed by atoms with Crippen LogP contribution < -0.4 is 0 Å². The van der Waals surface area contributed by atoms with Crippen LogP contribution in [0, 0.1) is 0 Å². The van der Waals surface area contributed by atoms with Crippen molar-refractivity contribution in [1.82, 2.24) is 0 Å². The van der Waals surface area contributed by atoms with Crippen molar-refractivity contribution in [1.29, 1.82) is 0 Å². The third kappa shape index (κ3) is 39.1. The Labute approximate surface area is 268 Å². The molecule has 0 radical (unpaired) electrons. The SMILES string of the molecule is CCCCCCCOCCOCCOCCOCCOCCOCCOCCOCCOCCOC(=O)CCCCCCC. The molecule has 0 saturated heterocycles. The second-order valence-corrected chi connectivity index (χ2v) is 10.3. The molecule has 0 unspecified atom stereocenters. The molecule has 11 heteroatoms. The van der Waals surface area contributed by atoms with E-state index in [1.807, 2.05) is 0 Å². The fraction of sp³-hybridized carbons (Fsp3) is 0.970. The van der Waals surface area contributed by atoms with E-state index in [9.17, 15) is 4.79 Å². The third-order valence-corrected chi connectivity index (χ3v) is 6.34. The zero-order chi connectivity index (χ0) is 31.9. The second kappa shape index (κ2) is 40.1. The van der Waals surface area contributed by atoms with Gasteiger partial charge in [-0.3, -0.25) is 4.79 Å². The number of carbonyl (C=O) groups is 1. The Hall–Kier alpha value is -0.890. The Morgan fingerprint density at radius 2 is 0.591 bits per heavy atom. The molecule has 0 bridgehead atoms. The highest BCUT2D eigenvalue weighted by Gasteiger charge is 2.02. The van der Waals surface area contributed by atoms with Crippen molar-refractivity contribution in [2.24, 2.45) is 0 Å². The molecule has 264 valence electrons. The Balaban J connectivity index is 3.08. The van der Waals surface area contributed by atoms with Crippen LogP contribution in [0.5, 0.6) is 0 Å². The van der Waals surface area contributed by atoms with E-state index in [2.05, 4.69) is 13.8 Å². The standard InChI is InChI=1S/C33H66O11/c1-3-5-7-9-11-13-33(34)44-32-31-43-30-29-42-28-27-41-26-25-40-24-23-39-22-21-38-20-19-37-18-17-36-16-15-35-14-12-10-8-6-4-2/h3-32H2,1-2H3. The Morgan fingerprint density at radius 1 is 0.318 bits per heavy atom. The van der Waals surface area contributed by atoms with Gasteiger partial charge in [0.2, 0.25) is 0 Å². The van der Waals surface area contributed by atoms with Crippen LogP contribution in [0.15, 0.2) is 0 Å². The van der Waals surface area contributed by atoms with Crippen molar-refractivity contribution in [3.63, 3.8) is 0 Å². The van der Waals surface area contributed by atoms with Crippen LogP contribution in [-0.2, 0) is 52.2 Å². The molecule has 0 amide bonds. The van der Waals surface area contributed by atoms with Crippen molar-refractivity contribution in [3.05, 3.63) is 0 Å². The van der Waals surface area contributed by atoms with Crippen molar-refractivity contribution < 1.29 is 52.2 Å². The summed E-state index contributed by atoms with van der Waals surface area (Å²) in [4.78, 5) is 11.6. The first-order valence-corrected chi connectivity index (χ1v) is 17.2. The molecule has 0 aliphatic heterocycles. The monoisotopic (exact) mass is 638 g/mol. The molecule has 0 heterocycles. The Bertz CT molecular complexity index is 540. The van der Waals surface area contributed by atoms with Crippen LogP contribution in [0.3, 0.4) is 0 Å². The van der Waals surface area contributed by atoms with Gasteiger partial charge in [0.1, 0.15) is 6.61 Å². The molecule has 44 heavy (non-hydrogen) atoms. The van der Waals surface area contributed by atoms with Crippen LogP contribution >= 0.6 is 0 Å². The molecule has 0 aromatic heterocycles. The summed E-state index contributed by atoms with van der Waals surface area (Å²) in [5.74, 6) is -0.143. The molecule has 0 fully saturated rings. The summed E-state index contributed by atoms with van der Waals surface area (Å²) in [6, 6.07) is 0. The maximum atomic E-state index is 11.6. The Kier molecular flexibility index (Phi) is 39.3. The molecular weight excluding hydrogens is 572 g/mol. The summed E-state index contributed by atoms with van der Waals surface area (Å²) in [7, 11) is 0. The lowest BCUT2D eigenvalue weighted by Crippen LogP contribution is -2.15. The van der Waals surface area contributed by atoms with E-state index in [0.29, 0.717) is 125 Å². The number of unbranched alkanes of at least 4 members (excludes halogenated alkanes) is 8. The van der Waals surface area contributed by atoms with Gasteiger partial charge in [0.15, 0.2) is 0 Å². The number of esters is 1. The van der Waals surface area contributed by atoms with Gasteiger partial charge >= 0.3 is 5.97 Å². The van der Waals surface area contributed by atoms with Crippen LogP contribution in [0.4, 0.5) is 0 Å². The van der Waals surface area contributed by atoms with Gasteiger partial charge in [-0.05, 0) is 12.8 Å². The highest BCUT2D eigenvalue weighted by atomic mass is 16.6. The lowest BCUT2D eigenvalue weighted by molar-refractivity contribution is -0.145. The molecule has 0 atom stereocenters. The maximum absolute atomic E-state index is 11.6. The highest BCUT2D eigenvalue weighted by molar-refractivity contribution is 5.69. The van der Waals surface area contributed by atoms with Gasteiger partial charge in [-0.2, -0.15) is 0 Å². The first-order chi connectivity index (χ1) is 21.8. The smallest absolute Gasteiger partial charge is 0.305 e. The fourth-order valence-electron chi connectivity index (χ4n) is 3.83. The number of carbonyl (C=O) groups excluding carboxylic acids is 1. The minimum atomic E-state index is -0.143. The molecule has 0 aliphatic rings. The summed E-state index contributed by atoms with van der Waals surface area (Å²) in [6.07, 6.45) is 12.4. The quantitative estimate of drug-likeness (QED) is 0.0670. The first-order valence-electron chi connectivity index (χ1n) is 17.2. The molecule has 0 aliphatic carbocycles. The van der Waals surface area contributed by atoms with Gasteiger partial charge in [-0.1, -0.05) is 65.2 Å². The molecule has 0 aromatic carbocycles. The van der Waals surface area contributed by atoms with Gasteiger partial charge < -0.3 is 47.4 Å². The zero-order valence-electron chi connectivity index (χ0n) is 28.2. The lowest BCUT2D eigenvalue weighted by atomic mass is 10.1. The normalized spacial score (nSPS) is 11.4. The van der Waals surface area contributed by atoms with Crippen LogP contribution in [0.1, 0.15) is 84.5 Å². The summed E-state index contributed by atoms with van der Waals surface area (Å²) in [5.41, 5.74) is 0. The van der Waals surface area contributed by atoms with E-state index in [1.165, 1.54) is 44.9 Å². The summed E-state index contributed by atoms with van der Waals surface area (Å²) in [5, 5.41) is 0. The number of rotatable bonds is 39. The first kappa shape index (κ1) is 43.1. The zero-order valence-corrected chi connectivity index (χ0v) is 28.2. The second-order valence-electron chi connectivity index (χ2n) is 10.3. The minimum Gasteiger partial charge on any atom is -0.463 e. The van der Waals surface area contributed by atoms with Crippen molar-refractivity contribution in [2.45, 2.75) is 84.5 Å². The van der Waals surface area contributed by atoms with Gasteiger partial charge in [-0.25, -0.2) is 0 Å². The predicted molar refractivity (Wildman–Crippen MR) is 170 cm³/mol. The van der Waals surface area contributed by atoms with E-state index in [4.69, 9.17) is 47.4 Å². The van der Waals surface area contributed by atoms with Crippen molar-refractivity contribution >= 4 is 5.97 Å². The maximum Gasteiger partial charge on any atom is 0.305 e. The molecule has 11 nitrogen and oxygen atoms in total. The summed E-state index contributed by atoms with van der Waals surface area (Å²) < 4.78 is 54.5. The largest absolute Gasteiger partial charge is 0.463 e. The van der Waals surface area contributed by atoms with Gasteiger partial charge in [0.25, 0.3) is 0 Å². The number of ether oxygens (including phenoxy) is 10. The van der Waals surface area contributed by atoms with Crippen LogP contribution in [0.2, 0.25) is 0 Å². The van der Waals surface area contributed by atoms with E-state index >= 15 is 0 Å². The summed E-state index contributed by atoms with van der Waals surface area (Å²) in [6.45, 7) is 14.4. The molecule has 0 aromatic rings. The predicted octanol–water partition coefficient (Wildman–Crippen LogP) is 5.01. The van der Waals surface area contributed by atoms with E-state index < -0.39 is 0 Å². The van der Waals surface area contributed by atoms with Gasteiger partial charge in [0.05, 0.1) is 112 Å². The molecular formula is C33H66O11. The van der Waals surface area contributed by atoms with E-state index in [1.54, 1.807) is 0 Å². The number of hydrogen-bond acceptors (Lipinski definition) is 11. The van der Waals surface area contributed by atoms with Crippen molar-refractivity contribution in [3.8, 4) is 0 Å². The average Bonchev–Trinajstić information content (AvgIpc) is 3.03. The van der Waals surface area contributed by atoms with E-state index in [-0.39, 0.29) is 5.97 Å². The average molecular weight is 639 g/mol. The molecule has 0 rings (SSSR count). The topological polar surface area (TPSA) is 109 Å². The lowest BCUT2D eigenvalue weighted by Gasteiger charge is -2.09. The molecule has 0 N–H and O–H groups in total. The Morgan fingerprint density at radius 3 is 0.932 bits per heavy atom. The fourth-order valence-corrected chi connectivity index (χ4v) is 3.83.